The zero-order chi connectivity index (χ0) is 21.7. The Morgan fingerprint density at radius 3 is 2.57 bits per heavy atom. The fourth-order valence-electron chi connectivity index (χ4n) is 2.99. The van der Waals surface area contributed by atoms with Crippen molar-refractivity contribution in [3.05, 3.63) is 70.0 Å². The Hall–Kier alpha value is -3.68. The first-order chi connectivity index (χ1) is 14.5. The van der Waals surface area contributed by atoms with Crippen LogP contribution in [0.3, 0.4) is 0 Å². The lowest BCUT2D eigenvalue weighted by Gasteiger charge is -2.18. The number of rotatable bonds is 7. The predicted octanol–water partition coefficient (Wildman–Crippen LogP) is 3.14. The number of H-pyrrole nitrogens is 1. The third kappa shape index (κ3) is 4.48. The summed E-state index contributed by atoms with van der Waals surface area (Å²) >= 11 is 0. The van der Waals surface area contributed by atoms with Crippen molar-refractivity contribution in [2.24, 2.45) is 0 Å². The average molecular weight is 411 g/mol. The summed E-state index contributed by atoms with van der Waals surface area (Å²) in [4.78, 5) is 33.7. The lowest BCUT2D eigenvalue weighted by molar-refractivity contribution is -0.126. The van der Waals surface area contributed by atoms with Gasteiger partial charge in [0.15, 0.2) is 11.5 Å². The second-order valence-electron chi connectivity index (χ2n) is 6.44. The number of nitrogens with one attached hydrogen (secondary N) is 1. The maximum absolute atomic E-state index is 13.7. The van der Waals surface area contributed by atoms with Crippen molar-refractivity contribution in [1.29, 1.82) is 0 Å². The molecule has 0 fully saturated rings. The molecule has 30 heavy (non-hydrogen) atoms. The standard InChI is InChI=1S/C22H22FN3O4/c1-4-26(21(27)10-9-14-7-5-6-8-16(14)23)13-20-24-17-12-19(30-3)18(29-2)11-15(17)22(28)25-20/h5-12H,4,13H2,1-3H3,(H,24,25,28)/b10-9+. The number of benzene rings is 2. The van der Waals surface area contributed by atoms with Crippen molar-refractivity contribution in [3.8, 4) is 11.5 Å². The van der Waals surface area contributed by atoms with Crippen LogP contribution in [0.5, 0.6) is 11.5 Å². The molecule has 0 radical (unpaired) electrons. The number of carbonyl (C=O) groups is 1. The summed E-state index contributed by atoms with van der Waals surface area (Å²) in [5.74, 6) is 0.471. The minimum Gasteiger partial charge on any atom is -0.493 e. The van der Waals surface area contributed by atoms with Gasteiger partial charge in [0.1, 0.15) is 11.6 Å². The van der Waals surface area contributed by atoms with Crippen molar-refractivity contribution in [2.75, 3.05) is 20.8 Å². The number of methoxy groups -OCH3 is 2. The molecule has 2 aromatic carbocycles. The highest BCUT2D eigenvalue weighted by molar-refractivity contribution is 5.91. The van der Waals surface area contributed by atoms with Gasteiger partial charge in [0, 0.05) is 24.3 Å². The molecule has 0 aliphatic rings. The first-order valence-corrected chi connectivity index (χ1v) is 9.33. The molecule has 8 heteroatoms. The molecular weight excluding hydrogens is 389 g/mol. The van der Waals surface area contributed by atoms with Crippen LogP contribution in [-0.4, -0.2) is 41.5 Å². The highest BCUT2D eigenvalue weighted by Crippen LogP contribution is 2.29. The molecule has 3 aromatic rings. The van der Waals surface area contributed by atoms with E-state index < -0.39 is 5.82 Å². The van der Waals surface area contributed by atoms with E-state index in [1.807, 2.05) is 6.92 Å². The minimum atomic E-state index is -0.408. The van der Waals surface area contributed by atoms with E-state index in [2.05, 4.69) is 9.97 Å². The number of halogens is 1. The van der Waals surface area contributed by atoms with E-state index in [1.165, 1.54) is 37.3 Å². The van der Waals surface area contributed by atoms with Gasteiger partial charge in [0.2, 0.25) is 5.91 Å². The van der Waals surface area contributed by atoms with E-state index in [0.29, 0.717) is 40.3 Å². The summed E-state index contributed by atoms with van der Waals surface area (Å²) in [6, 6.07) is 9.36. The van der Waals surface area contributed by atoms with Gasteiger partial charge in [-0.3, -0.25) is 9.59 Å². The molecule has 7 nitrogen and oxygen atoms in total. The molecule has 3 rings (SSSR count). The maximum atomic E-state index is 13.7. The summed E-state index contributed by atoms with van der Waals surface area (Å²) in [6.45, 7) is 2.28. The molecule has 0 aliphatic carbocycles. The van der Waals surface area contributed by atoms with Crippen LogP contribution in [0.1, 0.15) is 18.3 Å². The first-order valence-electron chi connectivity index (χ1n) is 9.33. The van der Waals surface area contributed by atoms with Crippen LogP contribution in [0.25, 0.3) is 17.0 Å². The average Bonchev–Trinajstić information content (AvgIpc) is 2.75. The smallest absolute Gasteiger partial charge is 0.258 e. The SMILES string of the molecule is CCN(Cc1nc2cc(OC)c(OC)cc2c(=O)[nH]1)C(=O)/C=C/c1ccccc1F. The van der Waals surface area contributed by atoms with Crippen LogP contribution in [0.2, 0.25) is 0 Å². The quantitative estimate of drug-likeness (QED) is 0.604. The number of ether oxygens (including phenoxy) is 2. The fourth-order valence-corrected chi connectivity index (χ4v) is 2.99. The Labute approximate surface area is 172 Å². The molecular formula is C22H22FN3O4. The molecule has 0 spiro atoms. The topological polar surface area (TPSA) is 84.5 Å². The normalized spacial score (nSPS) is 11.1. The minimum absolute atomic E-state index is 0.0937. The highest BCUT2D eigenvalue weighted by atomic mass is 19.1. The van der Waals surface area contributed by atoms with Gasteiger partial charge in [-0.05, 0) is 25.1 Å². The number of likely N-dealkylation sites (N-methyl/N-ethyl adjacent to an activating group) is 1. The maximum Gasteiger partial charge on any atom is 0.258 e. The van der Waals surface area contributed by atoms with Crippen LogP contribution in [0.15, 0.2) is 47.3 Å². The molecule has 0 bridgehead atoms. The third-order valence-corrected chi connectivity index (χ3v) is 4.60. The molecule has 0 atom stereocenters. The molecule has 0 saturated heterocycles. The van der Waals surface area contributed by atoms with E-state index in [1.54, 1.807) is 30.3 Å². The van der Waals surface area contributed by atoms with Crippen molar-refractivity contribution >= 4 is 22.9 Å². The van der Waals surface area contributed by atoms with Gasteiger partial charge >= 0.3 is 0 Å². The van der Waals surface area contributed by atoms with Crippen molar-refractivity contribution < 1.29 is 18.7 Å². The zero-order valence-electron chi connectivity index (χ0n) is 16.9. The Kier molecular flexibility index (Phi) is 6.46. The summed E-state index contributed by atoms with van der Waals surface area (Å²) in [5, 5.41) is 0.352. The zero-order valence-corrected chi connectivity index (χ0v) is 16.9. The van der Waals surface area contributed by atoms with E-state index in [0.717, 1.165) is 0 Å². The molecule has 0 saturated carbocycles. The Balaban J connectivity index is 1.86. The summed E-state index contributed by atoms with van der Waals surface area (Å²) < 4.78 is 24.2. The number of aromatic nitrogens is 2. The second kappa shape index (κ2) is 9.21. The highest BCUT2D eigenvalue weighted by Gasteiger charge is 2.14. The summed E-state index contributed by atoms with van der Waals surface area (Å²) in [6.07, 6.45) is 2.73. The van der Waals surface area contributed by atoms with Crippen molar-refractivity contribution in [3.63, 3.8) is 0 Å². The van der Waals surface area contributed by atoms with Gasteiger partial charge in [-0.25, -0.2) is 9.37 Å². The molecule has 156 valence electrons. The monoisotopic (exact) mass is 411 g/mol. The Morgan fingerprint density at radius 2 is 1.90 bits per heavy atom. The summed E-state index contributed by atoms with van der Waals surface area (Å²) in [5.41, 5.74) is 0.401. The van der Waals surface area contributed by atoms with Gasteiger partial charge < -0.3 is 19.4 Å². The predicted molar refractivity (Wildman–Crippen MR) is 112 cm³/mol. The number of carbonyl (C=O) groups excluding carboxylic acids is 1. The number of nitrogens with zero attached hydrogens (tertiary/aromatic N) is 2. The number of amides is 1. The van der Waals surface area contributed by atoms with E-state index >= 15 is 0 Å². The fraction of sp³-hybridized carbons (Fsp3) is 0.227. The van der Waals surface area contributed by atoms with Crippen LogP contribution >= 0.6 is 0 Å². The largest absolute Gasteiger partial charge is 0.493 e. The number of hydrogen-bond acceptors (Lipinski definition) is 5. The van der Waals surface area contributed by atoms with E-state index in [9.17, 15) is 14.0 Å². The molecule has 1 amide bonds. The number of aromatic amines is 1. The van der Waals surface area contributed by atoms with Crippen LogP contribution < -0.4 is 15.0 Å². The van der Waals surface area contributed by atoms with Gasteiger partial charge in [-0.1, -0.05) is 18.2 Å². The van der Waals surface area contributed by atoms with Gasteiger partial charge in [0.25, 0.3) is 5.56 Å². The number of fused-ring (bicyclic) bond motifs is 1. The van der Waals surface area contributed by atoms with Crippen LogP contribution in [-0.2, 0) is 11.3 Å². The van der Waals surface area contributed by atoms with Crippen molar-refractivity contribution in [1.82, 2.24) is 14.9 Å². The van der Waals surface area contributed by atoms with E-state index in [-0.39, 0.29) is 18.0 Å². The summed E-state index contributed by atoms with van der Waals surface area (Å²) in [7, 11) is 2.98. The van der Waals surface area contributed by atoms with Crippen molar-refractivity contribution in [2.45, 2.75) is 13.5 Å². The Morgan fingerprint density at radius 1 is 1.20 bits per heavy atom. The van der Waals surface area contributed by atoms with Gasteiger partial charge in [0.05, 0.1) is 31.7 Å². The molecule has 1 N–H and O–H groups in total. The lowest BCUT2D eigenvalue weighted by Crippen LogP contribution is -2.30. The first kappa shape index (κ1) is 21.0. The molecule has 1 heterocycles. The lowest BCUT2D eigenvalue weighted by atomic mass is 10.2. The van der Waals surface area contributed by atoms with Gasteiger partial charge in [-0.15, -0.1) is 0 Å². The molecule has 0 aliphatic heterocycles. The van der Waals surface area contributed by atoms with Crippen LogP contribution in [0, 0.1) is 5.82 Å². The molecule has 0 unspecified atom stereocenters. The molecule has 1 aromatic heterocycles. The van der Waals surface area contributed by atoms with Crippen LogP contribution in [0.4, 0.5) is 4.39 Å². The second-order valence-corrected chi connectivity index (χ2v) is 6.44. The Bertz CT molecular complexity index is 1160. The van der Waals surface area contributed by atoms with E-state index in [4.69, 9.17) is 9.47 Å². The van der Waals surface area contributed by atoms with Gasteiger partial charge in [-0.2, -0.15) is 0 Å². The number of hydrogen-bond donors (Lipinski definition) is 1. The third-order valence-electron chi connectivity index (χ3n) is 4.60.